The normalized spacial score (nSPS) is 12.2. The maximum absolute atomic E-state index is 10.1. The summed E-state index contributed by atoms with van der Waals surface area (Å²) in [6.07, 6.45) is 0.441. The Morgan fingerprint density at radius 2 is 1.89 bits per heavy atom. The zero-order valence-electron chi connectivity index (χ0n) is 4.15. The fourth-order valence-electron chi connectivity index (χ4n) is 0.160. The van der Waals surface area contributed by atoms with Gasteiger partial charge in [0.05, 0.1) is 4.48 Å². The van der Waals surface area contributed by atoms with Gasteiger partial charge in [-0.2, -0.15) is 0 Å². The van der Waals surface area contributed by atoms with E-state index in [0.29, 0.717) is 6.29 Å². The van der Waals surface area contributed by atoms with E-state index >= 15 is 0 Å². The van der Waals surface area contributed by atoms with Crippen LogP contribution in [0.3, 0.4) is 0 Å². The molecule has 0 aromatic rings. The van der Waals surface area contributed by atoms with Gasteiger partial charge in [-0.15, -0.1) is 0 Å². The summed E-state index contributed by atoms with van der Waals surface area (Å²) in [6, 6.07) is 0. The van der Waals surface area contributed by atoms with Crippen molar-refractivity contribution in [3.63, 3.8) is 0 Å². The highest BCUT2D eigenvalue weighted by molar-refractivity contribution is 9.14. The van der Waals surface area contributed by atoms with E-state index in [4.69, 9.17) is 5.11 Å². The Morgan fingerprint density at radius 1 is 1.44 bits per heavy atom. The van der Waals surface area contributed by atoms with Gasteiger partial charge in [0.2, 0.25) is 0 Å². The minimum Gasteiger partial charge on any atom is -0.560 e. The van der Waals surface area contributed by atoms with Gasteiger partial charge in [-0.3, -0.25) is 4.79 Å². The van der Waals surface area contributed by atoms with Gasteiger partial charge >= 0.3 is 5.97 Å². The Balaban J connectivity index is 4.47. The summed E-state index contributed by atoms with van der Waals surface area (Å²) in [5.41, 5.74) is 0. The van der Waals surface area contributed by atoms with Crippen molar-refractivity contribution in [3.8, 4) is 0 Å². The molecule has 0 rings (SSSR count). The molecule has 50 valence electrons. The fraction of sp³-hybridized carbons (Fsp3) is 0. The first-order valence-electron chi connectivity index (χ1n) is 1.86. The van der Waals surface area contributed by atoms with Crippen molar-refractivity contribution >= 4 is 44.1 Å². The third-order valence-electron chi connectivity index (χ3n) is 0.513. The molecule has 0 atom stereocenters. The number of halogens is 2. The molecular formula is C4H3Br2O3+. The van der Waals surface area contributed by atoms with Crippen LogP contribution in [0.4, 0.5) is 0 Å². The molecule has 5 heteroatoms. The van der Waals surface area contributed by atoms with E-state index in [-0.39, 0.29) is 8.96 Å². The first-order valence-corrected chi connectivity index (χ1v) is 3.44. The fourth-order valence-corrected chi connectivity index (χ4v) is 0.434. The third-order valence-corrected chi connectivity index (χ3v) is 2.42. The standard InChI is InChI=1S/C4H2Br2O3/c5-2(1-7)3(6)4(8)9/h1H,(H,8,9)/p+1/b3-2+. The van der Waals surface area contributed by atoms with Gasteiger partial charge in [-0.1, -0.05) is 0 Å². The van der Waals surface area contributed by atoms with E-state index < -0.39 is 5.97 Å². The van der Waals surface area contributed by atoms with Crippen molar-refractivity contribution in [2.24, 2.45) is 0 Å². The molecule has 3 nitrogen and oxygen atoms in total. The van der Waals surface area contributed by atoms with Crippen LogP contribution in [-0.2, 0) is 9.59 Å². The molecule has 0 amide bonds. The topological polar surface area (TPSA) is 57.0 Å². The lowest BCUT2D eigenvalue weighted by atomic mass is 10.5. The summed E-state index contributed by atoms with van der Waals surface area (Å²) in [5, 5.41) is 6.48. The molecule has 0 aliphatic carbocycles. The molecule has 0 saturated heterocycles. The number of carbonyl (C=O) groups is 2. The second-order valence-electron chi connectivity index (χ2n) is 1.11. The zero-order chi connectivity index (χ0) is 7.44. The highest BCUT2D eigenvalue weighted by atomic mass is 79.9. The lowest BCUT2D eigenvalue weighted by molar-refractivity contribution is -0.131. The summed E-state index contributed by atoms with van der Waals surface area (Å²) < 4.78 is 0.000000000000000666. The quantitative estimate of drug-likeness (QED) is 0.410. The molecule has 0 bridgehead atoms. The first-order chi connectivity index (χ1) is 4.09. The van der Waals surface area contributed by atoms with Gasteiger partial charge in [0.15, 0.2) is 10.8 Å². The Bertz CT molecular complexity index is 173. The number of hydrogen-bond donors (Lipinski definition) is 0. The van der Waals surface area contributed by atoms with E-state index in [1.165, 1.54) is 0 Å². The molecule has 0 saturated carbocycles. The molecule has 9 heavy (non-hydrogen) atoms. The number of carbonyl (C=O) groups excluding carboxylic acids is 2. The third kappa shape index (κ3) is 2.76. The smallest absolute Gasteiger partial charge is 0.557 e. The number of rotatable bonds is 2. The van der Waals surface area contributed by atoms with Crippen LogP contribution in [0.1, 0.15) is 0 Å². The molecular weight excluding hydrogens is 256 g/mol. The van der Waals surface area contributed by atoms with Crippen molar-refractivity contribution in [2.45, 2.75) is 0 Å². The second-order valence-corrected chi connectivity index (χ2v) is 2.76. The summed E-state index contributed by atoms with van der Waals surface area (Å²) in [5.74, 6) is -0.922. The van der Waals surface area contributed by atoms with Crippen LogP contribution in [0, 0.1) is 0 Å². The summed E-state index contributed by atoms with van der Waals surface area (Å²) in [7, 11) is 0. The number of aldehydes is 1. The molecule has 0 heterocycles. The largest absolute Gasteiger partial charge is 0.560 e. The van der Waals surface area contributed by atoms with Crippen LogP contribution in [0.25, 0.3) is 0 Å². The Morgan fingerprint density at radius 3 is 2.00 bits per heavy atom. The molecule has 0 fully saturated rings. The van der Waals surface area contributed by atoms with Crippen molar-refractivity contribution < 1.29 is 14.7 Å². The van der Waals surface area contributed by atoms with Crippen molar-refractivity contribution in [1.82, 2.24) is 0 Å². The highest BCUT2D eigenvalue weighted by Gasteiger charge is 2.15. The molecule has 0 spiro atoms. The van der Waals surface area contributed by atoms with Gasteiger partial charge in [0.1, 0.15) is 0 Å². The maximum atomic E-state index is 10.1. The first kappa shape index (κ1) is 8.84. The molecule has 0 aliphatic heterocycles. The predicted molar refractivity (Wildman–Crippen MR) is 39.6 cm³/mol. The van der Waals surface area contributed by atoms with E-state index in [1.807, 2.05) is 0 Å². The monoisotopic (exact) mass is 257 g/mol. The van der Waals surface area contributed by atoms with Gasteiger partial charge in [0, 0.05) is 4.79 Å². The van der Waals surface area contributed by atoms with E-state index in [1.54, 1.807) is 0 Å². The summed E-state index contributed by atoms with van der Waals surface area (Å²) in [4.78, 5) is 20.0. The van der Waals surface area contributed by atoms with E-state index in [9.17, 15) is 9.59 Å². The van der Waals surface area contributed by atoms with Crippen LogP contribution in [0.5, 0.6) is 0 Å². The van der Waals surface area contributed by atoms with Crippen molar-refractivity contribution in [3.05, 3.63) is 8.96 Å². The SMILES string of the molecule is O=C/C(Br)=C(\Br)C(=O)[OH2+]. The Hall–Kier alpha value is -0.160. The molecule has 0 unspecified atom stereocenters. The summed E-state index contributed by atoms with van der Waals surface area (Å²) >= 11 is 5.50. The molecule has 0 aromatic carbocycles. The van der Waals surface area contributed by atoms with Crippen molar-refractivity contribution in [2.75, 3.05) is 0 Å². The lowest BCUT2D eigenvalue weighted by Crippen LogP contribution is -1.95. The Labute approximate surface area is 68.0 Å². The number of hydrogen-bond acceptors (Lipinski definition) is 2. The highest BCUT2D eigenvalue weighted by Crippen LogP contribution is 2.15. The summed E-state index contributed by atoms with van der Waals surface area (Å²) in [6.45, 7) is 0. The van der Waals surface area contributed by atoms with Gasteiger partial charge in [-0.25, -0.2) is 0 Å². The van der Waals surface area contributed by atoms with Crippen LogP contribution >= 0.6 is 31.9 Å². The van der Waals surface area contributed by atoms with E-state index in [0.717, 1.165) is 0 Å². The minimum atomic E-state index is -0.922. The van der Waals surface area contributed by atoms with E-state index in [2.05, 4.69) is 31.9 Å². The van der Waals surface area contributed by atoms with Gasteiger partial charge in [-0.05, 0) is 31.9 Å². The second kappa shape index (κ2) is 3.79. The lowest BCUT2D eigenvalue weighted by Gasteiger charge is -1.82. The maximum Gasteiger partial charge on any atom is 0.557 e. The van der Waals surface area contributed by atoms with Gasteiger partial charge in [0.25, 0.3) is 0 Å². The minimum absolute atomic E-state index is 0.0579. The van der Waals surface area contributed by atoms with Crippen LogP contribution in [-0.4, -0.2) is 17.4 Å². The van der Waals surface area contributed by atoms with Crippen LogP contribution in [0.2, 0.25) is 0 Å². The molecule has 0 aromatic heterocycles. The molecule has 0 radical (unpaired) electrons. The molecule has 2 N–H and O–H groups in total. The average Bonchev–Trinajstić information content (AvgIpc) is 1.84. The van der Waals surface area contributed by atoms with Crippen molar-refractivity contribution in [1.29, 1.82) is 0 Å². The van der Waals surface area contributed by atoms with Gasteiger partial charge < -0.3 is 5.11 Å². The average molecular weight is 259 g/mol. The predicted octanol–water partition coefficient (Wildman–Crippen LogP) is 0.438. The zero-order valence-corrected chi connectivity index (χ0v) is 7.32. The van der Waals surface area contributed by atoms with Crippen LogP contribution in [0.15, 0.2) is 8.96 Å². The molecule has 0 aliphatic rings. The number of allylic oxidation sites excluding steroid dienone is 1. The van der Waals surface area contributed by atoms with Crippen LogP contribution < -0.4 is 0 Å². The Kier molecular flexibility index (Phi) is 3.72.